The Morgan fingerprint density at radius 1 is 1.27 bits per heavy atom. The molecule has 7 nitrogen and oxygen atoms in total. The zero-order valence-corrected chi connectivity index (χ0v) is 14.0. The average Bonchev–Trinajstić information content (AvgIpc) is 2.49. The molecule has 0 spiro atoms. The van der Waals surface area contributed by atoms with E-state index in [1.165, 1.54) is 31.1 Å². The summed E-state index contributed by atoms with van der Waals surface area (Å²) in [5.41, 5.74) is 3.18. The monoisotopic (exact) mass is 327 g/mol. The van der Waals surface area contributed by atoms with Crippen molar-refractivity contribution in [3.05, 3.63) is 29.8 Å². The highest BCUT2D eigenvalue weighted by molar-refractivity contribution is 7.89. The van der Waals surface area contributed by atoms with Crippen LogP contribution in [0.1, 0.15) is 10.4 Å². The van der Waals surface area contributed by atoms with Crippen LogP contribution in [0.3, 0.4) is 0 Å². The maximum Gasteiger partial charge on any atom is 0.265 e. The van der Waals surface area contributed by atoms with Crippen molar-refractivity contribution in [1.29, 1.82) is 0 Å². The Kier molecular flexibility index (Phi) is 5.17. The third-order valence-corrected chi connectivity index (χ3v) is 5.56. The number of quaternary nitrogens is 1. The van der Waals surface area contributed by atoms with Gasteiger partial charge in [0, 0.05) is 19.7 Å². The van der Waals surface area contributed by atoms with Gasteiger partial charge in [-0.3, -0.25) is 10.2 Å². The summed E-state index contributed by atoms with van der Waals surface area (Å²) in [7, 11) is 1.52. The summed E-state index contributed by atoms with van der Waals surface area (Å²) in [5, 5.41) is 1.88. The van der Waals surface area contributed by atoms with Crippen LogP contribution in [-0.2, 0) is 10.0 Å². The molecule has 1 aromatic rings. The number of hydrogen-bond donors (Lipinski definition) is 2. The van der Waals surface area contributed by atoms with Gasteiger partial charge in [0.25, 0.3) is 5.91 Å². The molecule has 1 aliphatic heterocycles. The van der Waals surface area contributed by atoms with Crippen LogP contribution >= 0.6 is 0 Å². The average molecular weight is 327 g/mol. The summed E-state index contributed by atoms with van der Waals surface area (Å²) < 4.78 is 25.4. The fraction of sp³-hybridized carbons (Fsp3) is 0.500. The zero-order chi connectivity index (χ0) is 16.3. The smallest absolute Gasteiger partial charge is 0.265 e. The Balaban J connectivity index is 2.11. The number of nitrogens with zero attached hydrogens (tertiary/aromatic N) is 2. The van der Waals surface area contributed by atoms with E-state index in [9.17, 15) is 13.2 Å². The SMILES string of the molecule is CN(C)S(=O)(=O)c1cccc(C(=O)NN2CC[NH+](C)CC2)c1. The minimum absolute atomic E-state index is 0.118. The minimum Gasteiger partial charge on any atom is -0.335 e. The van der Waals surface area contributed by atoms with Crippen LogP contribution in [0.4, 0.5) is 0 Å². The number of carbonyl (C=O) groups excluding carboxylic acids is 1. The van der Waals surface area contributed by atoms with Crippen LogP contribution in [0.15, 0.2) is 29.2 Å². The number of nitrogens with one attached hydrogen (secondary N) is 2. The minimum atomic E-state index is -3.54. The van der Waals surface area contributed by atoms with Crippen molar-refractivity contribution in [2.24, 2.45) is 0 Å². The molecule has 1 amide bonds. The molecule has 1 saturated heterocycles. The molecule has 0 aliphatic carbocycles. The van der Waals surface area contributed by atoms with Crippen LogP contribution in [0.2, 0.25) is 0 Å². The molecule has 1 fully saturated rings. The lowest BCUT2D eigenvalue weighted by atomic mass is 10.2. The molecule has 2 N–H and O–H groups in total. The molecule has 2 rings (SSSR count). The van der Waals surface area contributed by atoms with Crippen LogP contribution in [0.25, 0.3) is 0 Å². The van der Waals surface area contributed by atoms with E-state index in [0.717, 1.165) is 30.5 Å². The summed E-state index contributed by atoms with van der Waals surface area (Å²) in [4.78, 5) is 13.8. The molecule has 1 aliphatic rings. The number of amides is 1. The van der Waals surface area contributed by atoms with Gasteiger partial charge in [-0.05, 0) is 18.2 Å². The molecule has 1 aromatic carbocycles. The number of carbonyl (C=O) groups is 1. The van der Waals surface area contributed by atoms with Crippen LogP contribution in [0.5, 0.6) is 0 Å². The lowest BCUT2D eigenvalue weighted by Crippen LogP contribution is -3.12. The summed E-state index contributed by atoms with van der Waals surface area (Å²) in [6, 6.07) is 6.10. The molecule has 1 heterocycles. The molecule has 0 saturated carbocycles. The first-order valence-electron chi connectivity index (χ1n) is 7.20. The Labute approximate surface area is 131 Å². The molecular weight excluding hydrogens is 304 g/mol. The molecular formula is C14H23N4O3S+. The van der Waals surface area contributed by atoms with E-state index < -0.39 is 10.0 Å². The number of benzene rings is 1. The van der Waals surface area contributed by atoms with Gasteiger partial charge in [-0.25, -0.2) is 17.7 Å². The van der Waals surface area contributed by atoms with Crippen molar-refractivity contribution in [3.8, 4) is 0 Å². The summed E-state index contributed by atoms with van der Waals surface area (Å²) >= 11 is 0. The molecule has 0 radical (unpaired) electrons. The van der Waals surface area contributed by atoms with E-state index in [4.69, 9.17) is 0 Å². The van der Waals surface area contributed by atoms with E-state index in [2.05, 4.69) is 12.5 Å². The fourth-order valence-electron chi connectivity index (χ4n) is 2.22. The van der Waals surface area contributed by atoms with Gasteiger partial charge in [-0.2, -0.15) is 0 Å². The Morgan fingerprint density at radius 2 is 1.91 bits per heavy atom. The largest absolute Gasteiger partial charge is 0.335 e. The van der Waals surface area contributed by atoms with Crippen LogP contribution in [-0.4, -0.2) is 71.0 Å². The molecule has 22 heavy (non-hydrogen) atoms. The van der Waals surface area contributed by atoms with Gasteiger partial charge in [-0.15, -0.1) is 0 Å². The third kappa shape index (κ3) is 3.83. The third-order valence-electron chi connectivity index (χ3n) is 3.75. The van der Waals surface area contributed by atoms with Crippen LogP contribution < -0.4 is 10.3 Å². The van der Waals surface area contributed by atoms with Crippen molar-refractivity contribution >= 4 is 15.9 Å². The van der Waals surface area contributed by atoms with Gasteiger partial charge in [0.05, 0.1) is 38.1 Å². The number of hydrazine groups is 1. The second-order valence-corrected chi connectivity index (χ2v) is 7.85. The maximum atomic E-state index is 12.3. The van der Waals surface area contributed by atoms with Gasteiger partial charge in [-0.1, -0.05) is 6.07 Å². The first-order valence-corrected chi connectivity index (χ1v) is 8.64. The van der Waals surface area contributed by atoms with Gasteiger partial charge < -0.3 is 4.90 Å². The topological polar surface area (TPSA) is 74.2 Å². The molecule has 8 heteroatoms. The van der Waals surface area contributed by atoms with E-state index >= 15 is 0 Å². The van der Waals surface area contributed by atoms with Crippen molar-refractivity contribution in [1.82, 2.24) is 14.7 Å². The normalized spacial score (nSPS) is 17.6. The fourth-order valence-corrected chi connectivity index (χ4v) is 3.17. The van der Waals surface area contributed by atoms with Crippen molar-refractivity contribution in [3.63, 3.8) is 0 Å². The molecule has 0 bridgehead atoms. The highest BCUT2D eigenvalue weighted by Crippen LogP contribution is 2.14. The number of hydrogen-bond acceptors (Lipinski definition) is 4. The second-order valence-electron chi connectivity index (χ2n) is 5.70. The zero-order valence-electron chi connectivity index (χ0n) is 13.2. The summed E-state index contributed by atoms with van der Waals surface area (Å²) in [6.45, 7) is 3.51. The van der Waals surface area contributed by atoms with E-state index in [1.54, 1.807) is 12.1 Å². The Morgan fingerprint density at radius 3 is 2.50 bits per heavy atom. The molecule has 0 unspecified atom stereocenters. The quantitative estimate of drug-likeness (QED) is 0.699. The Hall–Kier alpha value is -1.48. The van der Waals surface area contributed by atoms with E-state index in [0.29, 0.717) is 5.56 Å². The summed E-state index contributed by atoms with van der Waals surface area (Å²) in [6.07, 6.45) is 0. The van der Waals surface area contributed by atoms with Gasteiger partial charge >= 0.3 is 0 Å². The standard InChI is InChI=1S/C14H22N4O3S/c1-16(2)22(20,21)13-6-4-5-12(11-13)14(19)15-18-9-7-17(3)8-10-18/h4-6,11H,7-10H2,1-3H3,(H,15,19)/p+1. The van der Waals surface area contributed by atoms with Crippen molar-refractivity contribution in [2.45, 2.75) is 4.90 Å². The number of likely N-dealkylation sites (N-methyl/N-ethyl adjacent to an activating group) is 1. The van der Waals surface area contributed by atoms with Crippen molar-refractivity contribution in [2.75, 3.05) is 47.3 Å². The number of piperazine rings is 1. The van der Waals surface area contributed by atoms with Crippen molar-refractivity contribution < 1.29 is 18.1 Å². The first kappa shape index (κ1) is 16.9. The number of rotatable bonds is 4. The van der Waals surface area contributed by atoms with E-state index in [-0.39, 0.29) is 10.8 Å². The highest BCUT2D eigenvalue weighted by atomic mass is 32.2. The molecule has 122 valence electrons. The van der Waals surface area contributed by atoms with Gasteiger partial charge in [0.2, 0.25) is 10.0 Å². The molecule has 0 aromatic heterocycles. The predicted molar refractivity (Wildman–Crippen MR) is 83.0 cm³/mol. The maximum absolute atomic E-state index is 12.3. The molecule has 0 atom stereocenters. The first-order chi connectivity index (χ1) is 10.3. The highest BCUT2D eigenvalue weighted by Gasteiger charge is 2.21. The van der Waals surface area contributed by atoms with E-state index in [1.807, 2.05) is 5.01 Å². The lowest BCUT2D eigenvalue weighted by molar-refractivity contribution is -0.884. The van der Waals surface area contributed by atoms with Gasteiger partial charge in [0.15, 0.2) is 0 Å². The second kappa shape index (κ2) is 6.74. The Bertz CT molecular complexity index is 637. The van der Waals surface area contributed by atoms with Gasteiger partial charge in [0.1, 0.15) is 0 Å². The predicted octanol–water partition coefficient (Wildman–Crippen LogP) is -1.59. The van der Waals surface area contributed by atoms with Crippen LogP contribution in [0, 0.1) is 0 Å². The number of sulfonamides is 1. The summed E-state index contributed by atoms with van der Waals surface area (Å²) in [5.74, 6) is -0.282. The lowest BCUT2D eigenvalue weighted by Gasteiger charge is -2.30.